The zero-order valence-electron chi connectivity index (χ0n) is 13.9. The van der Waals surface area contributed by atoms with Gasteiger partial charge in [0.05, 0.1) is 5.92 Å². The molecule has 1 heterocycles. The van der Waals surface area contributed by atoms with Crippen LogP contribution in [0.4, 0.5) is 0 Å². The van der Waals surface area contributed by atoms with Gasteiger partial charge in [0.25, 0.3) is 0 Å². The van der Waals surface area contributed by atoms with Crippen molar-refractivity contribution in [3.05, 3.63) is 47.6 Å². The molecule has 126 valence electrons. The van der Waals surface area contributed by atoms with E-state index in [-0.39, 0.29) is 29.3 Å². The number of esters is 2. The standard InChI is InChI=1S/C19H20O5/c1-8(2)18(21)23-13-7-10(4)14-12(20)6-9(3)15(14)17-16(13)11(5)19(22)24-17/h9,13,16-17H,1,4-7H2,2-3H3/t9-,13+,16-,17-/m1/s1. The minimum atomic E-state index is -0.656. The third-order valence-electron chi connectivity index (χ3n) is 4.93. The number of ether oxygens (including phenoxy) is 2. The summed E-state index contributed by atoms with van der Waals surface area (Å²) in [6, 6.07) is 0. The molecule has 0 unspecified atom stereocenters. The van der Waals surface area contributed by atoms with Crippen molar-refractivity contribution in [3.63, 3.8) is 0 Å². The summed E-state index contributed by atoms with van der Waals surface area (Å²) in [4.78, 5) is 36.4. The van der Waals surface area contributed by atoms with Crippen LogP contribution in [0.3, 0.4) is 0 Å². The Labute approximate surface area is 140 Å². The predicted molar refractivity (Wildman–Crippen MR) is 86.8 cm³/mol. The van der Waals surface area contributed by atoms with Gasteiger partial charge in [0, 0.05) is 29.6 Å². The van der Waals surface area contributed by atoms with Gasteiger partial charge in [-0.05, 0) is 24.0 Å². The van der Waals surface area contributed by atoms with Gasteiger partial charge in [-0.1, -0.05) is 26.7 Å². The first-order chi connectivity index (χ1) is 11.2. The van der Waals surface area contributed by atoms with Gasteiger partial charge in [-0.3, -0.25) is 4.79 Å². The molecule has 1 aliphatic heterocycles. The Bertz CT molecular complexity index is 739. The smallest absolute Gasteiger partial charge is 0.334 e. The zero-order chi connectivity index (χ0) is 17.8. The fourth-order valence-electron chi connectivity index (χ4n) is 3.81. The van der Waals surface area contributed by atoms with Crippen molar-refractivity contribution < 1.29 is 23.9 Å². The lowest BCUT2D eigenvalue weighted by atomic mass is 9.84. The van der Waals surface area contributed by atoms with E-state index in [2.05, 4.69) is 19.7 Å². The highest BCUT2D eigenvalue weighted by molar-refractivity contribution is 6.04. The van der Waals surface area contributed by atoms with E-state index in [4.69, 9.17) is 9.47 Å². The molecule has 4 atom stereocenters. The molecule has 0 amide bonds. The first kappa shape index (κ1) is 16.4. The molecule has 0 saturated carbocycles. The molecule has 0 spiro atoms. The fourth-order valence-corrected chi connectivity index (χ4v) is 3.81. The molecule has 1 fully saturated rings. The third-order valence-corrected chi connectivity index (χ3v) is 4.93. The van der Waals surface area contributed by atoms with E-state index in [1.807, 2.05) is 6.92 Å². The van der Waals surface area contributed by atoms with Gasteiger partial charge < -0.3 is 9.47 Å². The van der Waals surface area contributed by atoms with Gasteiger partial charge >= 0.3 is 11.9 Å². The lowest BCUT2D eigenvalue weighted by Crippen LogP contribution is -2.34. The number of rotatable bonds is 2. The van der Waals surface area contributed by atoms with Gasteiger partial charge in [-0.2, -0.15) is 0 Å². The molecule has 0 aromatic rings. The number of hydrogen-bond donors (Lipinski definition) is 0. The molecule has 2 aliphatic carbocycles. The number of hydrogen-bond acceptors (Lipinski definition) is 5. The lowest BCUT2D eigenvalue weighted by molar-refractivity contribution is -0.147. The van der Waals surface area contributed by atoms with Gasteiger partial charge in [0.15, 0.2) is 5.78 Å². The Morgan fingerprint density at radius 1 is 1.25 bits per heavy atom. The molecule has 0 radical (unpaired) electrons. The Kier molecular flexibility index (Phi) is 3.82. The number of Topliss-reactive ketones (excluding diaryl/α,β-unsaturated/α-hetero) is 1. The van der Waals surface area contributed by atoms with Crippen LogP contribution in [0, 0.1) is 11.8 Å². The molecule has 3 rings (SSSR count). The number of ketones is 1. The van der Waals surface area contributed by atoms with Crippen molar-refractivity contribution in [1.82, 2.24) is 0 Å². The summed E-state index contributed by atoms with van der Waals surface area (Å²) in [5.41, 5.74) is 2.50. The quantitative estimate of drug-likeness (QED) is 0.575. The Morgan fingerprint density at radius 3 is 2.54 bits per heavy atom. The fraction of sp³-hybridized carbons (Fsp3) is 0.421. The Balaban J connectivity index is 2.06. The lowest BCUT2D eigenvalue weighted by Gasteiger charge is -2.26. The molecular formula is C19H20O5. The molecule has 0 aromatic carbocycles. The van der Waals surface area contributed by atoms with Crippen molar-refractivity contribution in [1.29, 1.82) is 0 Å². The summed E-state index contributed by atoms with van der Waals surface area (Å²) in [5.74, 6) is -1.58. The minimum Gasteiger partial charge on any atom is -0.458 e. The predicted octanol–water partition coefficient (Wildman–Crippen LogP) is 2.44. The van der Waals surface area contributed by atoms with Gasteiger partial charge in [-0.25, -0.2) is 9.59 Å². The van der Waals surface area contributed by atoms with Crippen molar-refractivity contribution in [3.8, 4) is 0 Å². The second kappa shape index (κ2) is 5.58. The van der Waals surface area contributed by atoms with Crippen molar-refractivity contribution in [2.45, 2.75) is 38.9 Å². The average Bonchev–Trinajstić information content (AvgIpc) is 2.89. The summed E-state index contributed by atoms with van der Waals surface area (Å²) in [5, 5.41) is 0. The van der Waals surface area contributed by atoms with Crippen LogP contribution in [0.5, 0.6) is 0 Å². The van der Waals surface area contributed by atoms with E-state index >= 15 is 0 Å². The Hall–Kier alpha value is -2.43. The van der Waals surface area contributed by atoms with Crippen LogP contribution in [0.15, 0.2) is 47.6 Å². The van der Waals surface area contributed by atoms with Gasteiger partial charge in [-0.15, -0.1) is 0 Å². The Morgan fingerprint density at radius 2 is 1.92 bits per heavy atom. The molecule has 5 nitrogen and oxygen atoms in total. The highest BCUT2D eigenvalue weighted by atomic mass is 16.6. The highest BCUT2D eigenvalue weighted by Gasteiger charge is 2.52. The van der Waals surface area contributed by atoms with E-state index in [1.165, 1.54) is 0 Å². The number of allylic oxidation sites excluding steroid dienone is 1. The van der Waals surface area contributed by atoms with E-state index in [9.17, 15) is 14.4 Å². The van der Waals surface area contributed by atoms with Crippen LogP contribution in [0.25, 0.3) is 0 Å². The minimum absolute atomic E-state index is 0.00156. The average molecular weight is 328 g/mol. The van der Waals surface area contributed by atoms with Crippen LogP contribution in [-0.4, -0.2) is 29.9 Å². The first-order valence-electron chi connectivity index (χ1n) is 7.94. The van der Waals surface area contributed by atoms with Gasteiger partial charge in [0.1, 0.15) is 12.2 Å². The van der Waals surface area contributed by atoms with E-state index < -0.39 is 30.1 Å². The maximum atomic E-state index is 12.4. The first-order valence-corrected chi connectivity index (χ1v) is 7.94. The largest absolute Gasteiger partial charge is 0.458 e. The van der Waals surface area contributed by atoms with Crippen LogP contribution in [0.1, 0.15) is 26.7 Å². The molecular weight excluding hydrogens is 308 g/mol. The number of carbonyl (C=O) groups excluding carboxylic acids is 3. The van der Waals surface area contributed by atoms with E-state index in [0.29, 0.717) is 17.6 Å². The number of carbonyl (C=O) groups is 3. The topological polar surface area (TPSA) is 69.7 Å². The molecule has 0 N–H and O–H groups in total. The molecule has 0 bridgehead atoms. The monoisotopic (exact) mass is 328 g/mol. The van der Waals surface area contributed by atoms with Crippen molar-refractivity contribution in [2.24, 2.45) is 11.8 Å². The molecule has 3 aliphatic rings. The molecule has 5 heteroatoms. The van der Waals surface area contributed by atoms with Crippen molar-refractivity contribution in [2.75, 3.05) is 0 Å². The zero-order valence-corrected chi connectivity index (χ0v) is 13.9. The second-order valence-electron chi connectivity index (χ2n) is 6.77. The van der Waals surface area contributed by atoms with E-state index in [0.717, 1.165) is 5.57 Å². The molecule has 0 aromatic heterocycles. The normalized spacial score (nSPS) is 32.2. The SMILES string of the molecule is C=C(C)C(=O)O[C@H]1CC(=C)C2=C([C@H](C)CC2=O)[C@H]2OC(=O)C(=C)[C@H]12. The molecule has 24 heavy (non-hydrogen) atoms. The van der Waals surface area contributed by atoms with Crippen molar-refractivity contribution >= 4 is 17.7 Å². The van der Waals surface area contributed by atoms with Crippen LogP contribution >= 0.6 is 0 Å². The molecule has 1 saturated heterocycles. The maximum absolute atomic E-state index is 12.4. The third kappa shape index (κ3) is 2.35. The maximum Gasteiger partial charge on any atom is 0.334 e. The van der Waals surface area contributed by atoms with Crippen LogP contribution < -0.4 is 0 Å². The summed E-state index contributed by atoms with van der Waals surface area (Å²) in [6.45, 7) is 14.9. The summed E-state index contributed by atoms with van der Waals surface area (Å²) in [6.07, 6.45) is -0.625. The summed E-state index contributed by atoms with van der Waals surface area (Å²) >= 11 is 0. The summed E-state index contributed by atoms with van der Waals surface area (Å²) in [7, 11) is 0. The van der Waals surface area contributed by atoms with E-state index in [1.54, 1.807) is 6.92 Å². The number of fused-ring (bicyclic) bond motifs is 2. The highest BCUT2D eigenvalue weighted by Crippen LogP contribution is 2.48. The van der Waals surface area contributed by atoms with Crippen LogP contribution in [0.2, 0.25) is 0 Å². The van der Waals surface area contributed by atoms with Crippen LogP contribution in [-0.2, 0) is 23.9 Å². The second-order valence-corrected chi connectivity index (χ2v) is 6.77. The van der Waals surface area contributed by atoms with Gasteiger partial charge in [0.2, 0.25) is 0 Å². The summed E-state index contributed by atoms with van der Waals surface area (Å²) < 4.78 is 11.0.